The van der Waals surface area contributed by atoms with Crippen LogP contribution in [0.1, 0.15) is 32.3 Å². The van der Waals surface area contributed by atoms with Gasteiger partial charge < -0.3 is 10.2 Å². The van der Waals surface area contributed by atoms with Crippen LogP contribution in [0.5, 0.6) is 0 Å². The quantitative estimate of drug-likeness (QED) is 0.901. The highest BCUT2D eigenvalue weighted by molar-refractivity contribution is 6.04. The maximum atomic E-state index is 13.5. The molecule has 1 saturated heterocycles. The van der Waals surface area contributed by atoms with Gasteiger partial charge in [-0.2, -0.15) is 0 Å². The number of aryl methyl sites for hydroxylation is 1. The third kappa shape index (κ3) is 2.66. The summed E-state index contributed by atoms with van der Waals surface area (Å²) in [6.45, 7) is 5.59. The first-order chi connectivity index (χ1) is 9.35. The monoisotopic (exact) mass is 278 g/mol. The normalized spacial score (nSPS) is 23.5. The molecular formula is C15H19FN2O2. The minimum absolute atomic E-state index is 0.154. The molecule has 1 aliphatic heterocycles. The Morgan fingerprint density at radius 3 is 2.65 bits per heavy atom. The minimum Gasteiger partial charge on any atom is -0.342 e. The second-order valence-electron chi connectivity index (χ2n) is 5.43. The van der Waals surface area contributed by atoms with E-state index >= 15 is 0 Å². The first-order valence-electron chi connectivity index (χ1n) is 6.76. The molecule has 0 bridgehead atoms. The van der Waals surface area contributed by atoms with Crippen LogP contribution in [0.4, 0.5) is 10.1 Å². The number of halogens is 1. The second-order valence-corrected chi connectivity index (χ2v) is 5.43. The van der Waals surface area contributed by atoms with Crippen LogP contribution in [0.25, 0.3) is 0 Å². The summed E-state index contributed by atoms with van der Waals surface area (Å²) in [7, 11) is 0. The zero-order valence-electron chi connectivity index (χ0n) is 12.0. The number of hydrogen-bond donors (Lipinski definition) is 1. The fourth-order valence-corrected chi connectivity index (χ4v) is 2.40. The molecule has 1 unspecified atom stereocenters. The van der Waals surface area contributed by atoms with Crippen LogP contribution in [0.3, 0.4) is 0 Å². The Morgan fingerprint density at radius 1 is 1.35 bits per heavy atom. The lowest BCUT2D eigenvalue weighted by molar-refractivity contribution is -0.129. The van der Waals surface area contributed by atoms with Crippen molar-refractivity contribution in [3.05, 3.63) is 29.6 Å². The second kappa shape index (κ2) is 5.23. The molecule has 20 heavy (non-hydrogen) atoms. The van der Waals surface area contributed by atoms with Gasteiger partial charge in [-0.15, -0.1) is 0 Å². The Labute approximate surface area is 118 Å². The molecule has 1 atom stereocenters. The van der Waals surface area contributed by atoms with Crippen LogP contribution in [-0.4, -0.2) is 23.9 Å². The van der Waals surface area contributed by atoms with Crippen molar-refractivity contribution in [2.75, 3.05) is 11.4 Å². The van der Waals surface area contributed by atoms with Gasteiger partial charge in [0.25, 0.3) is 5.91 Å². The summed E-state index contributed by atoms with van der Waals surface area (Å²) in [5.74, 6) is -0.733. The molecule has 2 amide bonds. The van der Waals surface area contributed by atoms with Crippen LogP contribution in [-0.2, 0) is 9.59 Å². The van der Waals surface area contributed by atoms with E-state index in [-0.39, 0.29) is 30.6 Å². The standard InChI is InChI=1S/C15H19FN2O2/c1-4-15(3)14(20)18(6-5-13(19)17-15)12-8-10(2)7-11(16)9-12/h7-9H,4-6H2,1-3H3,(H,17,19). The topological polar surface area (TPSA) is 49.4 Å². The third-order valence-electron chi connectivity index (χ3n) is 3.74. The Morgan fingerprint density at radius 2 is 2.05 bits per heavy atom. The van der Waals surface area contributed by atoms with Crippen molar-refractivity contribution in [2.45, 2.75) is 39.2 Å². The predicted octanol–water partition coefficient (Wildman–Crippen LogP) is 2.16. The summed E-state index contributed by atoms with van der Waals surface area (Å²) in [6, 6.07) is 4.50. The molecule has 0 aromatic heterocycles. The summed E-state index contributed by atoms with van der Waals surface area (Å²) in [4.78, 5) is 25.9. The van der Waals surface area contributed by atoms with Crippen molar-refractivity contribution < 1.29 is 14.0 Å². The molecule has 0 radical (unpaired) electrons. The molecule has 1 fully saturated rings. The van der Waals surface area contributed by atoms with Gasteiger partial charge in [-0.25, -0.2) is 4.39 Å². The maximum Gasteiger partial charge on any atom is 0.252 e. The van der Waals surface area contributed by atoms with Crippen LogP contribution in [0.2, 0.25) is 0 Å². The lowest BCUT2D eigenvalue weighted by Gasteiger charge is -2.31. The zero-order valence-corrected chi connectivity index (χ0v) is 12.0. The van der Waals surface area contributed by atoms with E-state index in [0.29, 0.717) is 12.1 Å². The van der Waals surface area contributed by atoms with Gasteiger partial charge in [-0.1, -0.05) is 6.92 Å². The van der Waals surface area contributed by atoms with Crippen molar-refractivity contribution >= 4 is 17.5 Å². The van der Waals surface area contributed by atoms with E-state index in [9.17, 15) is 14.0 Å². The number of carbonyl (C=O) groups excluding carboxylic acids is 2. The molecule has 0 saturated carbocycles. The fourth-order valence-electron chi connectivity index (χ4n) is 2.40. The van der Waals surface area contributed by atoms with Crippen molar-refractivity contribution in [1.29, 1.82) is 0 Å². The lowest BCUT2D eigenvalue weighted by Crippen LogP contribution is -2.54. The summed E-state index contributed by atoms with van der Waals surface area (Å²) in [5, 5.41) is 2.76. The maximum absolute atomic E-state index is 13.5. The Balaban J connectivity index is 2.43. The van der Waals surface area contributed by atoms with Gasteiger partial charge in [0.1, 0.15) is 11.4 Å². The highest BCUT2D eigenvalue weighted by Crippen LogP contribution is 2.25. The highest BCUT2D eigenvalue weighted by atomic mass is 19.1. The Bertz CT molecular complexity index is 539. The molecule has 1 N–H and O–H groups in total. The van der Waals surface area contributed by atoms with Crippen LogP contribution < -0.4 is 10.2 Å². The van der Waals surface area contributed by atoms with E-state index in [1.165, 1.54) is 17.0 Å². The van der Waals surface area contributed by atoms with E-state index in [2.05, 4.69) is 5.32 Å². The van der Waals surface area contributed by atoms with Gasteiger partial charge in [0.2, 0.25) is 5.91 Å². The summed E-state index contributed by atoms with van der Waals surface area (Å²) >= 11 is 0. The van der Waals surface area contributed by atoms with Gasteiger partial charge in [0.15, 0.2) is 0 Å². The summed E-state index contributed by atoms with van der Waals surface area (Å²) < 4.78 is 13.5. The van der Waals surface area contributed by atoms with Crippen molar-refractivity contribution in [3.8, 4) is 0 Å². The van der Waals surface area contributed by atoms with Gasteiger partial charge in [-0.3, -0.25) is 9.59 Å². The average Bonchev–Trinajstić information content (AvgIpc) is 2.47. The first kappa shape index (κ1) is 14.5. The van der Waals surface area contributed by atoms with E-state index in [4.69, 9.17) is 0 Å². The number of benzene rings is 1. The molecule has 0 aliphatic carbocycles. The van der Waals surface area contributed by atoms with E-state index in [1.807, 2.05) is 6.92 Å². The number of nitrogens with zero attached hydrogens (tertiary/aromatic N) is 1. The largest absolute Gasteiger partial charge is 0.342 e. The number of hydrogen-bond acceptors (Lipinski definition) is 2. The molecule has 108 valence electrons. The van der Waals surface area contributed by atoms with Crippen LogP contribution in [0, 0.1) is 12.7 Å². The van der Waals surface area contributed by atoms with Crippen LogP contribution in [0.15, 0.2) is 18.2 Å². The average molecular weight is 278 g/mol. The van der Waals surface area contributed by atoms with Crippen molar-refractivity contribution in [1.82, 2.24) is 5.32 Å². The molecule has 0 spiro atoms. The zero-order chi connectivity index (χ0) is 14.9. The lowest BCUT2D eigenvalue weighted by atomic mass is 9.97. The molecule has 5 heteroatoms. The van der Waals surface area contributed by atoms with Gasteiger partial charge in [0.05, 0.1) is 0 Å². The minimum atomic E-state index is -0.937. The molecular weight excluding hydrogens is 259 g/mol. The van der Waals surface area contributed by atoms with E-state index in [0.717, 1.165) is 5.56 Å². The molecule has 1 aromatic carbocycles. The smallest absolute Gasteiger partial charge is 0.252 e. The number of carbonyl (C=O) groups is 2. The van der Waals surface area contributed by atoms with Gasteiger partial charge in [0, 0.05) is 18.7 Å². The fraction of sp³-hybridized carbons (Fsp3) is 0.467. The van der Waals surface area contributed by atoms with Gasteiger partial charge in [-0.05, 0) is 44.0 Å². The molecule has 1 aromatic rings. The Hall–Kier alpha value is -1.91. The van der Waals surface area contributed by atoms with Crippen LogP contribution >= 0.6 is 0 Å². The third-order valence-corrected chi connectivity index (χ3v) is 3.74. The van der Waals surface area contributed by atoms with Crippen molar-refractivity contribution in [3.63, 3.8) is 0 Å². The Kier molecular flexibility index (Phi) is 3.79. The number of anilines is 1. The summed E-state index contributed by atoms with van der Waals surface area (Å²) in [6.07, 6.45) is 0.708. The highest BCUT2D eigenvalue weighted by Gasteiger charge is 2.39. The first-order valence-corrected chi connectivity index (χ1v) is 6.76. The molecule has 1 aliphatic rings. The molecule has 4 nitrogen and oxygen atoms in total. The van der Waals surface area contributed by atoms with E-state index in [1.54, 1.807) is 19.9 Å². The van der Waals surface area contributed by atoms with Crippen molar-refractivity contribution in [2.24, 2.45) is 0 Å². The van der Waals surface area contributed by atoms with Gasteiger partial charge >= 0.3 is 0 Å². The molecule has 1 heterocycles. The SMILES string of the molecule is CCC1(C)NC(=O)CCN(c2cc(C)cc(F)c2)C1=O. The summed E-state index contributed by atoms with van der Waals surface area (Å²) in [5.41, 5.74) is 0.312. The number of nitrogens with one attached hydrogen (secondary N) is 1. The predicted molar refractivity (Wildman–Crippen MR) is 74.9 cm³/mol. The number of rotatable bonds is 2. The molecule has 2 rings (SSSR count). The van der Waals surface area contributed by atoms with E-state index < -0.39 is 5.54 Å². The number of amides is 2.